The number of benzene rings is 1. The Kier molecular flexibility index (Phi) is 4.26. The summed E-state index contributed by atoms with van der Waals surface area (Å²) < 4.78 is 1.80. The van der Waals surface area contributed by atoms with E-state index in [-0.39, 0.29) is 5.91 Å². The maximum atomic E-state index is 13.0. The quantitative estimate of drug-likeness (QED) is 0.754. The molecule has 0 atom stereocenters. The zero-order valence-corrected chi connectivity index (χ0v) is 16.1. The number of amides is 1. The van der Waals surface area contributed by atoms with Crippen LogP contribution in [0.2, 0.25) is 0 Å². The van der Waals surface area contributed by atoms with Crippen LogP contribution in [-0.4, -0.2) is 44.8 Å². The summed E-state index contributed by atoms with van der Waals surface area (Å²) in [6.07, 6.45) is 0.840. The average molecular weight is 383 g/mol. The fourth-order valence-electron chi connectivity index (χ4n) is 3.94. The fraction of sp³-hybridized carbons (Fsp3) is 0.350. The summed E-state index contributed by atoms with van der Waals surface area (Å²) in [4.78, 5) is 28.5. The molecule has 0 saturated carbocycles. The molecule has 27 heavy (non-hydrogen) atoms. The Morgan fingerprint density at radius 1 is 1.19 bits per heavy atom. The first-order valence-corrected chi connectivity index (χ1v) is 9.75. The first-order valence-electron chi connectivity index (χ1n) is 8.94. The van der Waals surface area contributed by atoms with E-state index in [1.165, 1.54) is 11.3 Å². The van der Waals surface area contributed by atoms with Crippen molar-refractivity contribution in [2.45, 2.75) is 25.2 Å². The predicted octanol–water partition coefficient (Wildman–Crippen LogP) is 3.20. The third-order valence-corrected chi connectivity index (χ3v) is 6.74. The zero-order chi connectivity index (χ0) is 19.2. The van der Waals surface area contributed by atoms with Gasteiger partial charge in [-0.2, -0.15) is 5.10 Å². The van der Waals surface area contributed by atoms with Gasteiger partial charge in [-0.05, 0) is 31.4 Å². The molecule has 1 saturated heterocycles. The number of hydrogen-bond donors (Lipinski definition) is 1. The summed E-state index contributed by atoms with van der Waals surface area (Å²) in [6.45, 7) is 2.81. The minimum Gasteiger partial charge on any atom is -0.481 e. The van der Waals surface area contributed by atoms with Crippen molar-refractivity contribution in [3.8, 4) is 0 Å². The molecule has 3 heterocycles. The van der Waals surface area contributed by atoms with Crippen molar-refractivity contribution in [2.24, 2.45) is 7.05 Å². The monoisotopic (exact) mass is 383 g/mol. The second-order valence-electron chi connectivity index (χ2n) is 7.08. The van der Waals surface area contributed by atoms with Gasteiger partial charge in [0.25, 0.3) is 5.91 Å². The van der Waals surface area contributed by atoms with E-state index in [2.05, 4.69) is 5.10 Å². The molecule has 1 aliphatic rings. The van der Waals surface area contributed by atoms with Crippen molar-refractivity contribution in [3.05, 3.63) is 52.5 Å². The molecule has 1 amide bonds. The average Bonchev–Trinajstić information content (AvgIpc) is 3.23. The molecular formula is C20H21N3O3S. The van der Waals surface area contributed by atoms with Crippen LogP contribution in [0, 0.1) is 6.92 Å². The van der Waals surface area contributed by atoms with E-state index in [0.717, 1.165) is 21.5 Å². The molecule has 1 aliphatic heterocycles. The molecule has 0 aliphatic carbocycles. The highest BCUT2D eigenvalue weighted by atomic mass is 32.1. The molecule has 6 nitrogen and oxygen atoms in total. The van der Waals surface area contributed by atoms with Crippen molar-refractivity contribution in [1.29, 1.82) is 0 Å². The minimum atomic E-state index is -0.918. The smallest absolute Gasteiger partial charge is 0.314 e. The van der Waals surface area contributed by atoms with Gasteiger partial charge in [0.1, 0.15) is 4.83 Å². The number of likely N-dealkylation sites (tertiary alicyclic amines) is 1. The lowest BCUT2D eigenvalue weighted by molar-refractivity contribution is -0.145. The Balaban J connectivity index is 1.56. The van der Waals surface area contributed by atoms with Crippen LogP contribution < -0.4 is 0 Å². The van der Waals surface area contributed by atoms with Gasteiger partial charge in [-0.15, -0.1) is 11.3 Å². The van der Waals surface area contributed by atoms with E-state index < -0.39 is 11.4 Å². The van der Waals surface area contributed by atoms with E-state index in [1.807, 2.05) is 50.4 Å². The first kappa shape index (κ1) is 17.7. The van der Waals surface area contributed by atoms with E-state index in [1.54, 1.807) is 9.58 Å². The number of hydrogen-bond acceptors (Lipinski definition) is 4. The summed E-state index contributed by atoms with van der Waals surface area (Å²) in [5, 5.41) is 15.3. The Morgan fingerprint density at radius 2 is 1.85 bits per heavy atom. The predicted molar refractivity (Wildman–Crippen MR) is 104 cm³/mol. The van der Waals surface area contributed by atoms with Crippen LogP contribution in [0.15, 0.2) is 36.4 Å². The molecule has 4 rings (SSSR count). The molecule has 0 spiro atoms. The number of carbonyl (C=O) groups is 2. The zero-order valence-electron chi connectivity index (χ0n) is 15.3. The lowest BCUT2D eigenvalue weighted by atomic mass is 9.73. The Morgan fingerprint density at radius 3 is 2.44 bits per heavy atom. The van der Waals surface area contributed by atoms with Gasteiger partial charge >= 0.3 is 5.97 Å². The van der Waals surface area contributed by atoms with Gasteiger partial charge in [-0.1, -0.05) is 30.3 Å². The maximum Gasteiger partial charge on any atom is 0.314 e. The van der Waals surface area contributed by atoms with Crippen LogP contribution in [0.4, 0.5) is 0 Å². The van der Waals surface area contributed by atoms with Crippen molar-refractivity contribution >= 4 is 33.4 Å². The second kappa shape index (κ2) is 6.49. The standard InChI is InChI=1S/C20H21N3O3S/c1-13-15-12-16(27-18(15)22(2)21-13)17(24)23-10-8-20(9-11-23,19(25)26)14-6-4-3-5-7-14/h3-7,12H,8-11H2,1-2H3,(H,25,26). The third kappa shape index (κ3) is 2.82. The topological polar surface area (TPSA) is 75.4 Å². The van der Waals surface area contributed by atoms with Crippen LogP contribution in [0.5, 0.6) is 0 Å². The van der Waals surface area contributed by atoms with Gasteiger partial charge < -0.3 is 10.0 Å². The lowest BCUT2D eigenvalue weighted by Gasteiger charge is -2.39. The molecular weight excluding hydrogens is 362 g/mol. The number of carboxylic acids is 1. The fourth-order valence-corrected chi connectivity index (χ4v) is 5.03. The molecule has 0 bridgehead atoms. The lowest BCUT2D eigenvalue weighted by Crippen LogP contribution is -2.49. The van der Waals surface area contributed by atoms with Gasteiger partial charge in [0.15, 0.2) is 0 Å². The van der Waals surface area contributed by atoms with Gasteiger partial charge in [0.2, 0.25) is 0 Å². The number of piperidine rings is 1. The summed E-state index contributed by atoms with van der Waals surface area (Å²) in [5.74, 6) is -0.841. The Hall–Kier alpha value is -2.67. The molecule has 7 heteroatoms. The number of rotatable bonds is 3. The number of fused-ring (bicyclic) bond motifs is 1. The molecule has 0 unspecified atom stereocenters. The Labute approximate surface area is 161 Å². The minimum absolute atomic E-state index is 0.0253. The first-order chi connectivity index (χ1) is 12.9. The SMILES string of the molecule is Cc1nn(C)c2sc(C(=O)N3CCC(C(=O)O)(c4ccccc4)CC3)cc12. The number of aromatic nitrogens is 2. The highest BCUT2D eigenvalue weighted by Gasteiger charge is 2.44. The maximum absolute atomic E-state index is 13.0. The molecule has 0 radical (unpaired) electrons. The summed E-state index contributed by atoms with van der Waals surface area (Å²) in [6, 6.07) is 11.3. The van der Waals surface area contributed by atoms with Crippen LogP contribution in [0.25, 0.3) is 10.2 Å². The molecule has 1 fully saturated rings. The van der Waals surface area contributed by atoms with Crippen LogP contribution in [0.3, 0.4) is 0 Å². The number of thiophene rings is 1. The van der Waals surface area contributed by atoms with Crippen molar-refractivity contribution in [1.82, 2.24) is 14.7 Å². The van der Waals surface area contributed by atoms with E-state index in [9.17, 15) is 14.7 Å². The van der Waals surface area contributed by atoms with E-state index in [4.69, 9.17) is 0 Å². The van der Waals surface area contributed by atoms with E-state index in [0.29, 0.717) is 30.8 Å². The van der Waals surface area contributed by atoms with Gasteiger partial charge in [-0.3, -0.25) is 14.3 Å². The number of aryl methyl sites for hydroxylation is 2. The van der Waals surface area contributed by atoms with Gasteiger partial charge in [-0.25, -0.2) is 0 Å². The molecule has 140 valence electrons. The molecule has 1 aromatic carbocycles. The number of carboxylic acid groups (broad SMARTS) is 1. The highest BCUT2D eigenvalue weighted by Crippen LogP contribution is 2.37. The molecule has 3 aromatic rings. The summed E-state index contributed by atoms with van der Waals surface area (Å²) in [5.41, 5.74) is 0.808. The third-order valence-electron chi connectivity index (χ3n) is 5.55. The molecule has 1 N–H and O–H groups in total. The van der Waals surface area contributed by atoms with Gasteiger partial charge in [0, 0.05) is 25.5 Å². The van der Waals surface area contributed by atoms with Crippen molar-refractivity contribution in [3.63, 3.8) is 0 Å². The summed E-state index contributed by atoms with van der Waals surface area (Å²) >= 11 is 1.44. The second-order valence-corrected chi connectivity index (χ2v) is 8.11. The van der Waals surface area contributed by atoms with Crippen molar-refractivity contribution in [2.75, 3.05) is 13.1 Å². The van der Waals surface area contributed by atoms with Crippen LogP contribution in [0.1, 0.15) is 33.8 Å². The number of nitrogens with zero attached hydrogens (tertiary/aromatic N) is 3. The highest BCUT2D eigenvalue weighted by molar-refractivity contribution is 7.20. The largest absolute Gasteiger partial charge is 0.481 e. The normalized spacial score (nSPS) is 16.6. The van der Waals surface area contributed by atoms with Crippen molar-refractivity contribution < 1.29 is 14.7 Å². The van der Waals surface area contributed by atoms with Crippen LogP contribution in [-0.2, 0) is 17.3 Å². The molecule has 2 aromatic heterocycles. The Bertz CT molecular complexity index is 979. The van der Waals surface area contributed by atoms with Crippen LogP contribution >= 0.6 is 11.3 Å². The number of aliphatic carboxylic acids is 1. The summed E-state index contributed by atoms with van der Waals surface area (Å²) in [7, 11) is 1.88. The van der Waals surface area contributed by atoms with E-state index >= 15 is 0 Å². The van der Waals surface area contributed by atoms with Gasteiger partial charge in [0.05, 0.1) is 16.0 Å². The number of carbonyl (C=O) groups excluding carboxylic acids is 1.